The van der Waals surface area contributed by atoms with E-state index < -0.39 is 10.8 Å². The molecule has 17 heavy (non-hydrogen) atoms. The lowest BCUT2D eigenvalue weighted by atomic mass is 9.79. The Morgan fingerprint density at radius 1 is 1.18 bits per heavy atom. The highest BCUT2D eigenvalue weighted by Gasteiger charge is 2.53. The predicted octanol–water partition coefficient (Wildman–Crippen LogP) is 2.17. The number of rotatable bonds is 5. The van der Waals surface area contributed by atoms with Gasteiger partial charge in [0.1, 0.15) is 0 Å². The van der Waals surface area contributed by atoms with Crippen LogP contribution in [0.5, 0.6) is 0 Å². The summed E-state index contributed by atoms with van der Waals surface area (Å²) in [6.45, 7) is 1.07. The van der Waals surface area contributed by atoms with E-state index in [0.29, 0.717) is 0 Å². The van der Waals surface area contributed by atoms with Gasteiger partial charge in [0.05, 0.1) is 0 Å². The average Bonchev–Trinajstić information content (AvgIpc) is 2.95. The van der Waals surface area contributed by atoms with E-state index >= 15 is 0 Å². The standard InChI is InChI=1S/C14H25NOS/c1-17(16)7-3-6-15-14-9-10-8-13(14)12-5-2-4-11(10)12/h10-15H,2-9H2,1H3/t10-,11+,12+,13+,14-,17+/m1/s1. The normalized spacial score (nSPS) is 45.1. The molecule has 3 saturated carbocycles. The van der Waals surface area contributed by atoms with Crippen LogP contribution >= 0.6 is 0 Å². The molecule has 0 unspecified atom stereocenters. The molecule has 0 aromatic heterocycles. The zero-order valence-corrected chi connectivity index (χ0v) is 11.7. The van der Waals surface area contributed by atoms with Crippen LogP contribution in [0.25, 0.3) is 0 Å². The van der Waals surface area contributed by atoms with E-state index in [9.17, 15) is 4.21 Å². The van der Waals surface area contributed by atoms with Gasteiger partial charge in [-0.25, -0.2) is 0 Å². The lowest BCUT2D eigenvalue weighted by Gasteiger charge is -2.32. The lowest BCUT2D eigenvalue weighted by molar-refractivity contribution is 0.209. The van der Waals surface area contributed by atoms with Gasteiger partial charge in [0.25, 0.3) is 0 Å². The first-order valence-corrected chi connectivity index (χ1v) is 9.02. The van der Waals surface area contributed by atoms with Crippen LogP contribution in [0.2, 0.25) is 0 Å². The van der Waals surface area contributed by atoms with Crippen molar-refractivity contribution in [1.29, 1.82) is 0 Å². The summed E-state index contributed by atoms with van der Waals surface area (Å²) in [7, 11) is -0.615. The third-order valence-corrected chi connectivity index (χ3v) is 6.31. The maximum atomic E-state index is 11.0. The fourth-order valence-corrected chi connectivity index (χ4v) is 5.42. The molecule has 0 aromatic rings. The van der Waals surface area contributed by atoms with Crippen LogP contribution < -0.4 is 5.32 Å². The van der Waals surface area contributed by atoms with Gasteiger partial charge in [-0.1, -0.05) is 6.42 Å². The third kappa shape index (κ3) is 2.33. The highest BCUT2D eigenvalue weighted by molar-refractivity contribution is 7.84. The highest BCUT2D eigenvalue weighted by Crippen LogP contribution is 2.58. The van der Waals surface area contributed by atoms with Crippen LogP contribution in [0.15, 0.2) is 0 Å². The molecule has 0 saturated heterocycles. The van der Waals surface area contributed by atoms with E-state index in [-0.39, 0.29) is 0 Å². The second-order valence-electron chi connectivity index (χ2n) is 6.35. The lowest BCUT2D eigenvalue weighted by Crippen LogP contribution is -2.39. The zero-order valence-electron chi connectivity index (χ0n) is 10.9. The molecule has 0 spiro atoms. The summed E-state index contributed by atoms with van der Waals surface area (Å²) in [6, 6.07) is 0.796. The molecule has 3 rings (SSSR count). The van der Waals surface area contributed by atoms with Crippen molar-refractivity contribution < 1.29 is 4.21 Å². The molecular weight excluding hydrogens is 230 g/mol. The molecule has 3 heteroatoms. The SMILES string of the molecule is C[S@](=O)CCCN[C@@H]1C[C@H]2C[C@H]1[C@H]1CCC[C@@H]21. The van der Waals surface area contributed by atoms with Crippen molar-refractivity contribution in [2.75, 3.05) is 18.6 Å². The summed E-state index contributed by atoms with van der Waals surface area (Å²) in [5, 5.41) is 3.75. The molecule has 98 valence electrons. The van der Waals surface area contributed by atoms with Crippen molar-refractivity contribution >= 4 is 10.8 Å². The minimum absolute atomic E-state index is 0.615. The first-order valence-electron chi connectivity index (χ1n) is 7.29. The summed E-state index contributed by atoms with van der Waals surface area (Å²) in [6.07, 6.45) is 10.3. The highest BCUT2D eigenvalue weighted by atomic mass is 32.2. The van der Waals surface area contributed by atoms with Gasteiger partial charge in [0.15, 0.2) is 0 Å². The molecule has 3 fully saturated rings. The van der Waals surface area contributed by atoms with Crippen molar-refractivity contribution in [3.05, 3.63) is 0 Å². The number of hydrogen-bond acceptors (Lipinski definition) is 2. The van der Waals surface area contributed by atoms with E-state index in [1.807, 2.05) is 0 Å². The van der Waals surface area contributed by atoms with Gasteiger partial charge in [-0.05, 0) is 62.3 Å². The van der Waals surface area contributed by atoms with Crippen LogP contribution in [0.4, 0.5) is 0 Å². The van der Waals surface area contributed by atoms with Crippen LogP contribution in [0.1, 0.15) is 38.5 Å². The molecule has 3 aliphatic rings. The molecule has 0 radical (unpaired) electrons. The number of hydrogen-bond donors (Lipinski definition) is 1. The van der Waals surface area contributed by atoms with E-state index in [2.05, 4.69) is 5.32 Å². The number of fused-ring (bicyclic) bond motifs is 5. The van der Waals surface area contributed by atoms with Crippen molar-refractivity contribution in [2.24, 2.45) is 23.7 Å². The van der Waals surface area contributed by atoms with Gasteiger partial charge < -0.3 is 5.32 Å². The Morgan fingerprint density at radius 2 is 2.00 bits per heavy atom. The fourth-order valence-electron chi connectivity index (χ4n) is 4.87. The topological polar surface area (TPSA) is 29.1 Å². The summed E-state index contributed by atoms with van der Waals surface area (Å²) < 4.78 is 11.0. The first-order chi connectivity index (χ1) is 8.25. The van der Waals surface area contributed by atoms with Gasteiger partial charge in [0.2, 0.25) is 0 Å². The minimum Gasteiger partial charge on any atom is -0.314 e. The molecule has 0 aliphatic heterocycles. The predicted molar refractivity (Wildman–Crippen MR) is 72.4 cm³/mol. The van der Waals surface area contributed by atoms with Crippen molar-refractivity contribution in [3.63, 3.8) is 0 Å². The summed E-state index contributed by atoms with van der Waals surface area (Å²) in [5.74, 6) is 5.05. The molecule has 3 aliphatic carbocycles. The van der Waals surface area contributed by atoms with E-state index in [1.54, 1.807) is 6.26 Å². The zero-order chi connectivity index (χ0) is 11.8. The molecule has 6 atom stereocenters. The van der Waals surface area contributed by atoms with E-state index in [0.717, 1.165) is 48.4 Å². The van der Waals surface area contributed by atoms with E-state index in [1.165, 1.54) is 32.1 Å². The van der Waals surface area contributed by atoms with Gasteiger partial charge in [-0.2, -0.15) is 0 Å². The number of nitrogens with one attached hydrogen (secondary N) is 1. The van der Waals surface area contributed by atoms with Crippen LogP contribution in [-0.4, -0.2) is 28.8 Å². The van der Waals surface area contributed by atoms with Crippen LogP contribution in [0, 0.1) is 23.7 Å². The van der Waals surface area contributed by atoms with Crippen molar-refractivity contribution in [3.8, 4) is 0 Å². The molecule has 0 heterocycles. The van der Waals surface area contributed by atoms with Crippen LogP contribution in [-0.2, 0) is 10.8 Å². The third-order valence-electron chi connectivity index (χ3n) is 5.44. The Bertz CT molecular complexity index is 307. The summed E-state index contributed by atoms with van der Waals surface area (Å²) >= 11 is 0. The second kappa shape index (κ2) is 5.00. The summed E-state index contributed by atoms with van der Waals surface area (Å²) in [5.41, 5.74) is 0. The maximum Gasteiger partial charge on any atom is 0.0244 e. The van der Waals surface area contributed by atoms with Crippen molar-refractivity contribution in [2.45, 2.75) is 44.6 Å². The van der Waals surface area contributed by atoms with Crippen molar-refractivity contribution in [1.82, 2.24) is 5.32 Å². The van der Waals surface area contributed by atoms with Gasteiger partial charge in [-0.15, -0.1) is 0 Å². The van der Waals surface area contributed by atoms with Crippen LogP contribution in [0.3, 0.4) is 0 Å². The largest absolute Gasteiger partial charge is 0.314 e. The Morgan fingerprint density at radius 3 is 2.82 bits per heavy atom. The molecule has 2 nitrogen and oxygen atoms in total. The monoisotopic (exact) mass is 255 g/mol. The average molecular weight is 255 g/mol. The minimum atomic E-state index is -0.615. The molecule has 1 N–H and O–H groups in total. The summed E-state index contributed by atoms with van der Waals surface area (Å²) in [4.78, 5) is 0. The Kier molecular flexibility index (Phi) is 3.58. The maximum absolute atomic E-state index is 11.0. The molecular formula is C14H25NOS. The smallest absolute Gasteiger partial charge is 0.0244 e. The van der Waals surface area contributed by atoms with Gasteiger partial charge in [0, 0.05) is 28.9 Å². The van der Waals surface area contributed by atoms with E-state index in [4.69, 9.17) is 0 Å². The first kappa shape index (κ1) is 12.2. The molecule has 0 amide bonds. The van der Waals surface area contributed by atoms with Gasteiger partial charge in [-0.3, -0.25) is 4.21 Å². The Balaban J connectivity index is 1.46. The Hall–Kier alpha value is 0.110. The fraction of sp³-hybridized carbons (Fsp3) is 1.00. The molecule has 0 aromatic carbocycles. The Labute approximate surface area is 107 Å². The second-order valence-corrected chi connectivity index (χ2v) is 7.90. The molecule has 2 bridgehead atoms. The quantitative estimate of drug-likeness (QED) is 0.763. The van der Waals surface area contributed by atoms with Gasteiger partial charge >= 0.3 is 0 Å².